The van der Waals surface area contributed by atoms with Gasteiger partial charge in [0.2, 0.25) is 0 Å². The Morgan fingerprint density at radius 3 is 2.22 bits per heavy atom. The van der Waals surface area contributed by atoms with Crippen molar-refractivity contribution in [3.8, 4) is 0 Å². The summed E-state index contributed by atoms with van der Waals surface area (Å²) in [6.45, 7) is 16.6. The first-order chi connectivity index (χ1) is 29.4. The maximum Gasteiger partial charge on any atom is 0.344 e. The largest absolute Gasteiger partial charge is 0.460 e. The van der Waals surface area contributed by atoms with E-state index in [1.165, 1.54) is 6.42 Å². The molecule has 5 saturated carbocycles. The third kappa shape index (κ3) is 9.33. The van der Waals surface area contributed by atoms with Gasteiger partial charge in [-0.25, -0.2) is 4.79 Å². The molecular formula is C50H72O13. The van der Waals surface area contributed by atoms with E-state index in [4.69, 9.17) is 33.2 Å². The van der Waals surface area contributed by atoms with Crippen molar-refractivity contribution in [1.82, 2.24) is 0 Å². The molecule has 0 radical (unpaired) electrons. The van der Waals surface area contributed by atoms with Crippen molar-refractivity contribution in [2.45, 2.75) is 169 Å². The van der Waals surface area contributed by atoms with Gasteiger partial charge >= 0.3 is 35.8 Å². The number of fused-ring (bicyclic) bond motifs is 5. The van der Waals surface area contributed by atoms with Crippen LogP contribution in [0.4, 0.5) is 0 Å². The van der Waals surface area contributed by atoms with Gasteiger partial charge in [0.25, 0.3) is 0 Å². The Balaban J connectivity index is 1.01. The molecule has 350 valence electrons. The van der Waals surface area contributed by atoms with Gasteiger partial charge in [-0.3, -0.25) is 24.0 Å². The van der Waals surface area contributed by atoms with Gasteiger partial charge in [-0.2, -0.15) is 0 Å². The Morgan fingerprint density at radius 1 is 0.841 bits per heavy atom. The molecule has 2 saturated heterocycles. The number of hydrogen-bond donors (Lipinski definition) is 0. The zero-order valence-corrected chi connectivity index (χ0v) is 39.1. The molecule has 0 N–H and O–H groups in total. The lowest BCUT2D eigenvalue weighted by Crippen LogP contribution is -2.49. The molecule has 16 atom stereocenters. The van der Waals surface area contributed by atoms with Crippen LogP contribution in [0.2, 0.25) is 0 Å². The van der Waals surface area contributed by atoms with Gasteiger partial charge in [-0.15, -0.1) is 0 Å². The summed E-state index contributed by atoms with van der Waals surface area (Å²) in [6, 6.07) is 0. The Labute approximate surface area is 373 Å². The first-order valence-electron chi connectivity index (χ1n) is 23.9. The van der Waals surface area contributed by atoms with Gasteiger partial charge in [0.05, 0.1) is 41.8 Å². The minimum absolute atomic E-state index is 0.00985. The zero-order chi connectivity index (χ0) is 45.4. The van der Waals surface area contributed by atoms with Crippen LogP contribution in [0.25, 0.3) is 0 Å². The predicted molar refractivity (Wildman–Crippen MR) is 227 cm³/mol. The summed E-state index contributed by atoms with van der Waals surface area (Å²) in [5.74, 6) is -1.10. The highest BCUT2D eigenvalue weighted by Gasteiger charge is 2.64. The summed E-state index contributed by atoms with van der Waals surface area (Å²) in [5.41, 5.74) is -5.44. The SMILES string of the molecule is CC1C2CCC(C2)C1CC(C)(CC(C)(CC(C)(C)C(=O)OCC(=O)OC(CC(=O)OC(C)(C)C)C1CC2C=CC1C2)C(=O)OC1C2CC3C(=O)OC1C3C2)C(=O)OC1(C)CCOC1. The molecule has 0 amide bonds. The van der Waals surface area contributed by atoms with Crippen molar-refractivity contribution < 1.29 is 61.9 Å². The number of ether oxygens (including phenoxy) is 7. The molecule has 7 fully saturated rings. The lowest BCUT2D eigenvalue weighted by Gasteiger charge is -2.44. The third-order valence-electron chi connectivity index (χ3n) is 16.8. The Hall–Kier alpha value is -3.48. The molecule has 0 aromatic rings. The Bertz CT molecular complexity index is 1850. The molecular weight excluding hydrogens is 809 g/mol. The quantitative estimate of drug-likeness (QED) is 0.0802. The minimum atomic E-state index is -1.43. The van der Waals surface area contributed by atoms with Crippen molar-refractivity contribution in [2.24, 2.45) is 75.4 Å². The second kappa shape index (κ2) is 16.7. The highest BCUT2D eigenvalue weighted by molar-refractivity contribution is 5.84. The molecule has 0 aromatic carbocycles. The average Bonchev–Trinajstić information content (AvgIpc) is 4.06. The lowest BCUT2D eigenvalue weighted by atomic mass is 9.62. The normalized spacial score (nSPS) is 38.2. The maximum absolute atomic E-state index is 15.0. The summed E-state index contributed by atoms with van der Waals surface area (Å²) < 4.78 is 41.5. The smallest absolute Gasteiger partial charge is 0.344 e. The lowest BCUT2D eigenvalue weighted by molar-refractivity contribution is -0.184. The number of esters is 6. The Morgan fingerprint density at radius 2 is 1.59 bits per heavy atom. The van der Waals surface area contributed by atoms with Crippen LogP contribution in [0.5, 0.6) is 0 Å². The van der Waals surface area contributed by atoms with Crippen LogP contribution in [0, 0.1) is 75.4 Å². The molecule has 0 spiro atoms. The van der Waals surface area contributed by atoms with Crippen LogP contribution < -0.4 is 0 Å². The van der Waals surface area contributed by atoms with Crippen molar-refractivity contribution in [2.75, 3.05) is 19.8 Å². The van der Waals surface area contributed by atoms with E-state index in [1.807, 2.05) is 13.8 Å². The van der Waals surface area contributed by atoms with Crippen molar-refractivity contribution in [3.05, 3.63) is 12.2 Å². The average molecular weight is 881 g/mol. The first-order valence-corrected chi connectivity index (χ1v) is 23.9. The standard InChI is InChI=1S/C50H72O13/c1-27-29-12-13-31(18-29)36(27)22-48(7,45(56)63-50(9)14-15-57-26-50)25-49(8,44(55)61-40-32-19-34-35(20-32)42(53)60-41(34)40)24-47(5,6)43(54)58-23-39(52)59-37(21-38(51)62-46(2,3)4)33-17-28-10-11-30(33)16-28/h10-11,27-37,40-41H,12-26H2,1-9H3. The molecule has 2 aliphatic heterocycles. The Kier molecular flexibility index (Phi) is 12.2. The number of carbonyl (C=O) groups excluding carboxylic acids is 6. The fourth-order valence-corrected chi connectivity index (χ4v) is 13.9. The van der Waals surface area contributed by atoms with E-state index >= 15 is 4.79 Å². The van der Waals surface area contributed by atoms with E-state index < -0.39 is 82.2 Å². The van der Waals surface area contributed by atoms with Crippen LogP contribution >= 0.6 is 0 Å². The summed E-state index contributed by atoms with van der Waals surface area (Å²) in [7, 11) is 0. The number of carbonyl (C=O) groups is 6. The highest BCUT2D eigenvalue weighted by Crippen LogP contribution is 2.59. The van der Waals surface area contributed by atoms with Gasteiger partial charge in [0.15, 0.2) is 6.61 Å². The van der Waals surface area contributed by atoms with E-state index in [0.717, 1.165) is 32.1 Å². The zero-order valence-electron chi connectivity index (χ0n) is 39.1. The van der Waals surface area contributed by atoms with Gasteiger partial charge in [-0.1, -0.05) is 19.1 Å². The topological polar surface area (TPSA) is 167 Å². The van der Waals surface area contributed by atoms with Gasteiger partial charge < -0.3 is 33.2 Å². The van der Waals surface area contributed by atoms with Crippen molar-refractivity contribution in [1.29, 1.82) is 0 Å². The fraction of sp³-hybridized carbons (Fsp3) is 0.840. The molecule has 8 aliphatic rings. The summed E-state index contributed by atoms with van der Waals surface area (Å²) >= 11 is 0. The third-order valence-corrected chi connectivity index (χ3v) is 16.8. The van der Waals surface area contributed by atoms with Crippen LogP contribution in [0.3, 0.4) is 0 Å². The van der Waals surface area contributed by atoms with E-state index in [2.05, 4.69) is 19.1 Å². The summed E-state index contributed by atoms with van der Waals surface area (Å²) in [6.07, 6.45) is 9.86. The predicted octanol–water partition coefficient (Wildman–Crippen LogP) is 7.49. The summed E-state index contributed by atoms with van der Waals surface area (Å²) in [5, 5.41) is 0. The van der Waals surface area contributed by atoms with E-state index in [9.17, 15) is 24.0 Å². The highest BCUT2D eigenvalue weighted by atomic mass is 16.6. The molecule has 8 rings (SSSR count). The molecule has 16 unspecified atom stereocenters. The molecule has 2 heterocycles. The van der Waals surface area contributed by atoms with Crippen LogP contribution in [-0.4, -0.2) is 85.2 Å². The van der Waals surface area contributed by atoms with Gasteiger partial charge in [0, 0.05) is 24.2 Å². The molecule has 13 heteroatoms. The number of allylic oxidation sites excluding steroid dienone is 2. The van der Waals surface area contributed by atoms with E-state index in [0.29, 0.717) is 49.5 Å². The van der Waals surface area contributed by atoms with Gasteiger partial charge in [-0.05, 0) is 155 Å². The first kappa shape index (κ1) is 46.1. The molecule has 13 nitrogen and oxygen atoms in total. The molecule has 0 aromatic heterocycles. The minimum Gasteiger partial charge on any atom is -0.460 e. The fourth-order valence-electron chi connectivity index (χ4n) is 13.9. The molecule has 63 heavy (non-hydrogen) atoms. The van der Waals surface area contributed by atoms with Crippen LogP contribution in [-0.2, 0) is 61.9 Å². The van der Waals surface area contributed by atoms with Crippen molar-refractivity contribution in [3.63, 3.8) is 0 Å². The second-order valence-corrected chi connectivity index (χ2v) is 23.7. The molecule has 6 aliphatic carbocycles. The van der Waals surface area contributed by atoms with Gasteiger partial charge in [0.1, 0.15) is 29.5 Å². The van der Waals surface area contributed by atoms with Crippen LogP contribution in [0.1, 0.15) is 139 Å². The number of rotatable bonds is 17. The molecule has 6 bridgehead atoms. The van der Waals surface area contributed by atoms with E-state index in [-0.39, 0.29) is 67.3 Å². The number of hydrogen-bond acceptors (Lipinski definition) is 13. The monoisotopic (exact) mass is 880 g/mol. The summed E-state index contributed by atoms with van der Waals surface area (Å²) in [4.78, 5) is 83.2. The second-order valence-electron chi connectivity index (χ2n) is 23.7. The maximum atomic E-state index is 15.0. The van der Waals surface area contributed by atoms with Crippen LogP contribution in [0.15, 0.2) is 12.2 Å². The van der Waals surface area contributed by atoms with Crippen molar-refractivity contribution >= 4 is 35.8 Å². The van der Waals surface area contributed by atoms with E-state index in [1.54, 1.807) is 41.5 Å².